The van der Waals surface area contributed by atoms with Gasteiger partial charge in [-0.3, -0.25) is 0 Å². The maximum Gasteiger partial charge on any atom is 0.129 e. The van der Waals surface area contributed by atoms with Crippen molar-refractivity contribution in [1.29, 1.82) is 0 Å². The first-order valence-corrected chi connectivity index (χ1v) is 4.73. The standard InChI is InChI=1S/C10H14ClN/c1-3-4-8(2)9-5-6-12-10(11)7-9/h5-8H,3-4H2,1-2H3. The van der Waals surface area contributed by atoms with Crippen LogP contribution in [-0.4, -0.2) is 4.98 Å². The Kier molecular flexibility index (Phi) is 3.54. The van der Waals surface area contributed by atoms with Gasteiger partial charge in [0, 0.05) is 6.20 Å². The van der Waals surface area contributed by atoms with E-state index in [1.807, 2.05) is 12.1 Å². The van der Waals surface area contributed by atoms with Crippen LogP contribution in [0.25, 0.3) is 0 Å². The van der Waals surface area contributed by atoms with Gasteiger partial charge in [0.2, 0.25) is 0 Å². The predicted molar refractivity (Wildman–Crippen MR) is 52.6 cm³/mol. The summed E-state index contributed by atoms with van der Waals surface area (Å²) in [5, 5.41) is 0.593. The summed E-state index contributed by atoms with van der Waals surface area (Å²) in [4.78, 5) is 3.95. The summed E-state index contributed by atoms with van der Waals surface area (Å²) in [5.74, 6) is 0.593. The molecule has 2 heteroatoms. The van der Waals surface area contributed by atoms with Gasteiger partial charge in [0.15, 0.2) is 0 Å². The minimum Gasteiger partial charge on any atom is -0.245 e. The van der Waals surface area contributed by atoms with Gasteiger partial charge in [-0.1, -0.05) is 31.9 Å². The highest BCUT2D eigenvalue weighted by Gasteiger charge is 2.03. The normalized spacial score (nSPS) is 12.9. The summed E-state index contributed by atoms with van der Waals surface area (Å²) in [6.45, 7) is 4.41. The van der Waals surface area contributed by atoms with Crippen molar-refractivity contribution in [2.45, 2.75) is 32.6 Å². The van der Waals surface area contributed by atoms with Gasteiger partial charge in [-0.25, -0.2) is 4.98 Å². The van der Waals surface area contributed by atoms with Crippen LogP contribution < -0.4 is 0 Å². The quantitative estimate of drug-likeness (QED) is 0.652. The second-order valence-electron chi connectivity index (χ2n) is 3.10. The molecule has 0 aliphatic carbocycles. The van der Waals surface area contributed by atoms with Gasteiger partial charge in [0.05, 0.1) is 0 Å². The van der Waals surface area contributed by atoms with Crippen molar-refractivity contribution in [2.24, 2.45) is 0 Å². The van der Waals surface area contributed by atoms with Gasteiger partial charge in [-0.15, -0.1) is 0 Å². The number of hydrogen-bond acceptors (Lipinski definition) is 1. The molecule has 0 saturated carbocycles. The van der Waals surface area contributed by atoms with Crippen LogP contribution in [0.5, 0.6) is 0 Å². The van der Waals surface area contributed by atoms with E-state index in [0.717, 1.165) is 0 Å². The molecule has 0 aliphatic heterocycles. The number of aromatic nitrogens is 1. The highest BCUT2D eigenvalue weighted by Crippen LogP contribution is 2.21. The van der Waals surface area contributed by atoms with Crippen molar-refractivity contribution in [3.8, 4) is 0 Å². The average molecular weight is 184 g/mol. The van der Waals surface area contributed by atoms with Crippen LogP contribution in [-0.2, 0) is 0 Å². The smallest absolute Gasteiger partial charge is 0.129 e. The second kappa shape index (κ2) is 4.46. The largest absolute Gasteiger partial charge is 0.245 e. The molecule has 1 atom stereocenters. The Morgan fingerprint density at radius 3 is 2.92 bits per heavy atom. The SMILES string of the molecule is CCCC(C)c1ccnc(Cl)c1. The van der Waals surface area contributed by atoms with E-state index >= 15 is 0 Å². The van der Waals surface area contributed by atoms with Crippen molar-refractivity contribution >= 4 is 11.6 Å². The van der Waals surface area contributed by atoms with Crippen molar-refractivity contribution in [3.05, 3.63) is 29.0 Å². The predicted octanol–water partition coefficient (Wildman–Crippen LogP) is 3.64. The maximum atomic E-state index is 5.78. The zero-order valence-corrected chi connectivity index (χ0v) is 8.30. The summed E-state index contributed by atoms with van der Waals surface area (Å²) in [6, 6.07) is 3.98. The molecule has 0 spiro atoms. The molecular formula is C10H14ClN. The lowest BCUT2D eigenvalue weighted by Crippen LogP contribution is -1.92. The van der Waals surface area contributed by atoms with Gasteiger partial charge in [0.25, 0.3) is 0 Å². The van der Waals surface area contributed by atoms with E-state index in [4.69, 9.17) is 11.6 Å². The lowest BCUT2D eigenvalue weighted by atomic mass is 9.98. The Hall–Kier alpha value is -0.560. The Bertz CT molecular complexity index is 247. The molecule has 1 heterocycles. The van der Waals surface area contributed by atoms with Crippen LogP contribution in [0, 0.1) is 0 Å². The van der Waals surface area contributed by atoms with Crippen LogP contribution in [0.4, 0.5) is 0 Å². The zero-order chi connectivity index (χ0) is 8.97. The number of halogens is 1. The number of rotatable bonds is 3. The Labute approximate surface area is 78.8 Å². The van der Waals surface area contributed by atoms with E-state index in [2.05, 4.69) is 18.8 Å². The monoisotopic (exact) mass is 183 g/mol. The van der Waals surface area contributed by atoms with Crippen LogP contribution in [0.1, 0.15) is 38.2 Å². The summed E-state index contributed by atoms with van der Waals surface area (Å²) >= 11 is 5.78. The fraction of sp³-hybridized carbons (Fsp3) is 0.500. The van der Waals surface area contributed by atoms with Gasteiger partial charge in [-0.05, 0) is 30.0 Å². The molecule has 1 aromatic heterocycles. The molecule has 1 nitrogen and oxygen atoms in total. The van der Waals surface area contributed by atoms with Gasteiger partial charge >= 0.3 is 0 Å². The average Bonchev–Trinajstić information content (AvgIpc) is 2.05. The number of nitrogens with zero attached hydrogens (tertiary/aromatic N) is 1. The Morgan fingerprint density at radius 1 is 1.58 bits per heavy atom. The van der Waals surface area contributed by atoms with E-state index in [9.17, 15) is 0 Å². The minimum absolute atomic E-state index is 0.593. The molecule has 66 valence electrons. The van der Waals surface area contributed by atoms with Crippen molar-refractivity contribution in [1.82, 2.24) is 4.98 Å². The third-order valence-electron chi connectivity index (χ3n) is 2.04. The minimum atomic E-state index is 0.593. The maximum absolute atomic E-state index is 5.78. The summed E-state index contributed by atoms with van der Waals surface area (Å²) < 4.78 is 0. The first-order chi connectivity index (χ1) is 5.74. The van der Waals surface area contributed by atoms with E-state index < -0.39 is 0 Å². The molecule has 0 aliphatic rings. The van der Waals surface area contributed by atoms with E-state index in [0.29, 0.717) is 11.1 Å². The van der Waals surface area contributed by atoms with Crippen LogP contribution in [0.3, 0.4) is 0 Å². The summed E-state index contributed by atoms with van der Waals surface area (Å²) in [7, 11) is 0. The lowest BCUT2D eigenvalue weighted by molar-refractivity contribution is 0.664. The number of pyridine rings is 1. The molecule has 12 heavy (non-hydrogen) atoms. The highest BCUT2D eigenvalue weighted by atomic mass is 35.5. The molecular weight excluding hydrogens is 170 g/mol. The van der Waals surface area contributed by atoms with Crippen molar-refractivity contribution in [3.63, 3.8) is 0 Å². The number of hydrogen-bond donors (Lipinski definition) is 0. The first-order valence-electron chi connectivity index (χ1n) is 4.35. The van der Waals surface area contributed by atoms with Gasteiger partial charge in [0.1, 0.15) is 5.15 Å². The molecule has 1 unspecified atom stereocenters. The van der Waals surface area contributed by atoms with Crippen molar-refractivity contribution in [2.75, 3.05) is 0 Å². The molecule has 0 aromatic carbocycles. The van der Waals surface area contributed by atoms with E-state index in [1.165, 1.54) is 18.4 Å². The zero-order valence-electron chi connectivity index (χ0n) is 7.55. The molecule has 0 radical (unpaired) electrons. The van der Waals surface area contributed by atoms with Gasteiger partial charge in [-0.2, -0.15) is 0 Å². The summed E-state index contributed by atoms with van der Waals surface area (Å²) in [6.07, 6.45) is 4.19. The third kappa shape index (κ3) is 2.49. The van der Waals surface area contributed by atoms with Crippen LogP contribution in [0.15, 0.2) is 18.3 Å². The molecule has 0 N–H and O–H groups in total. The first kappa shape index (κ1) is 9.53. The molecule has 0 fully saturated rings. The molecule has 0 saturated heterocycles. The fourth-order valence-corrected chi connectivity index (χ4v) is 1.51. The van der Waals surface area contributed by atoms with Crippen LogP contribution >= 0.6 is 11.6 Å². The summed E-state index contributed by atoms with van der Waals surface area (Å²) in [5.41, 5.74) is 1.29. The topological polar surface area (TPSA) is 12.9 Å². The lowest BCUT2D eigenvalue weighted by Gasteiger charge is -2.09. The van der Waals surface area contributed by atoms with Crippen molar-refractivity contribution < 1.29 is 0 Å². The molecule has 1 rings (SSSR count). The van der Waals surface area contributed by atoms with E-state index in [1.54, 1.807) is 6.20 Å². The van der Waals surface area contributed by atoms with Gasteiger partial charge < -0.3 is 0 Å². The Balaban J connectivity index is 2.73. The molecule has 1 aromatic rings. The van der Waals surface area contributed by atoms with Crippen LogP contribution in [0.2, 0.25) is 5.15 Å². The Morgan fingerprint density at radius 2 is 2.33 bits per heavy atom. The third-order valence-corrected chi connectivity index (χ3v) is 2.25. The van der Waals surface area contributed by atoms with E-state index in [-0.39, 0.29) is 0 Å². The fourth-order valence-electron chi connectivity index (χ4n) is 1.32. The second-order valence-corrected chi connectivity index (χ2v) is 3.49. The molecule has 0 bridgehead atoms. The molecule has 0 amide bonds. The highest BCUT2D eigenvalue weighted by molar-refractivity contribution is 6.29.